The molecule has 1 aliphatic carbocycles. The van der Waals surface area contributed by atoms with Crippen molar-refractivity contribution < 1.29 is 15.0 Å². The highest BCUT2D eigenvalue weighted by Gasteiger charge is 2.41. The molecule has 0 aromatic rings. The minimum atomic E-state index is -1.35. The molecule has 2 N–H and O–H groups in total. The molecule has 0 aromatic heterocycles. The van der Waals surface area contributed by atoms with Crippen molar-refractivity contribution in [3.05, 3.63) is 11.6 Å². The van der Waals surface area contributed by atoms with Crippen LogP contribution in [0.1, 0.15) is 13.8 Å². The highest BCUT2D eigenvalue weighted by atomic mass is 16.3. The minimum Gasteiger partial charge on any atom is -0.383 e. The largest absolute Gasteiger partial charge is 0.383 e. The number of hydrogen-bond donors (Lipinski definition) is 2. The molecule has 0 aromatic carbocycles. The molecule has 10 heavy (non-hydrogen) atoms. The minimum absolute atomic E-state index is 0.414. The van der Waals surface area contributed by atoms with E-state index < -0.39 is 17.5 Å². The monoisotopic (exact) mass is 142 g/mol. The number of ketones is 1. The van der Waals surface area contributed by atoms with Crippen molar-refractivity contribution in [3.63, 3.8) is 0 Å². The Morgan fingerprint density at radius 3 is 2.30 bits per heavy atom. The maximum absolute atomic E-state index is 10.7. The molecule has 0 bridgehead atoms. The number of aliphatic hydroxyl groups excluding tert-OH is 1. The van der Waals surface area contributed by atoms with Crippen LogP contribution in [-0.4, -0.2) is 27.7 Å². The van der Waals surface area contributed by atoms with E-state index in [1.54, 1.807) is 6.92 Å². The number of carbonyl (C=O) groups excluding carboxylic acids is 1. The van der Waals surface area contributed by atoms with Crippen molar-refractivity contribution in [2.45, 2.75) is 25.6 Å². The molecule has 0 fully saturated rings. The normalized spacial score (nSPS) is 40.2. The highest BCUT2D eigenvalue weighted by molar-refractivity contribution is 5.98. The van der Waals surface area contributed by atoms with Gasteiger partial charge < -0.3 is 10.2 Å². The molecule has 3 heteroatoms. The number of rotatable bonds is 0. The Morgan fingerprint density at radius 1 is 1.70 bits per heavy atom. The topological polar surface area (TPSA) is 57.5 Å². The van der Waals surface area contributed by atoms with E-state index in [2.05, 4.69) is 0 Å². The van der Waals surface area contributed by atoms with Crippen LogP contribution in [-0.2, 0) is 4.79 Å². The lowest BCUT2D eigenvalue weighted by Crippen LogP contribution is -2.39. The Kier molecular flexibility index (Phi) is 1.42. The fourth-order valence-corrected chi connectivity index (χ4v) is 0.931. The Hall–Kier alpha value is -0.670. The first-order valence-electron chi connectivity index (χ1n) is 3.09. The molecule has 0 saturated heterocycles. The van der Waals surface area contributed by atoms with E-state index in [1.807, 2.05) is 0 Å². The summed E-state index contributed by atoms with van der Waals surface area (Å²) in [6.07, 6.45) is -0.00231. The average molecular weight is 142 g/mol. The van der Waals surface area contributed by atoms with Gasteiger partial charge in [0.05, 0.1) is 0 Å². The van der Waals surface area contributed by atoms with Crippen molar-refractivity contribution in [3.8, 4) is 0 Å². The van der Waals surface area contributed by atoms with Crippen molar-refractivity contribution in [2.24, 2.45) is 0 Å². The van der Waals surface area contributed by atoms with Gasteiger partial charge in [-0.25, -0.2) is 0 Å². The lowest BCUT2D eigenvalue weighted by Gasteiger charge is -2.21. The van der Waals surface area contributed by atoms with Gasteiger partial charge in [-0.1, -0.05) is 0 Å². The predicted molar refractivity (Wildman–Crippen MR) is 35.4 cm³/mol. The third-order valence-corrected chi connectivity index (χ3v) is 1.96. The smallest absolute Gasteiger partial charge is 0.187 e. The van der Waals surface area contributed by atoms with Crippen LogP contribution >= 0.6 is 0 Å². The molecule has 1 rings (SSSR count). The van der Waals surface area contributed by atoms with Crippen molar-refractivity contribution >= 4 is 5.78 Å². The summed E-state index contributed by atoms with van der Waals surface area (Å²) in [5.74, 6) is -0.414. The lowest BCUT2D eigenvalue weighted by molar-refractivity contribution is -0.129. The van der Waals surface area contributed by atoms with Crippen LogP contribution in [0.15, 0.2) is 11.6 Å². The van der Waals surface area contributed by atoms with Crippen LogP contribution in [0.3, 0.4) is 0 Å². The van der Waals surface area contributed by atoms with E-state index in [1.165, 1.54) is 13.0 Å². The second kappa shape index (κ2) is 1.90. The molecule has 0 aliphatic heterocycles. The van der Waals surface area contributed by atoms with E-state index in [-0.39, 0.29) is 0 Å². The van der Waals surface area contributed by atoms with Gasteiger partial charge in [0.15, 0.2) is 5.78 Å². The molecular weight excluding hydrogens is 132 g/mol. The van der Waals surface area contributed by atoms with Gasteiger partial charge in [-0.2, -0.15) is 0 Å². The standard InChI is InChI=1S/C7H10O3/c1-4-3-5(8)6(9)7(4,2)10/h3,6,9-10H,1-2H3. The fraction of sp³-hybridized carbons (Fsp3) is 0.571. The van der Waals surface area contributed by atoms with E-state index in [4.69, 9.17) is 5.11 Å². The van der Waals surface area contributed by atoms with E-state index in [0.29, 0.717) is 5.57 Å². The van der Waals surface area contributed by atoms with Gasteiger partial charge in [0, 0.05) is 0 Å². The van der Waals surface area contributed by atoms with Crippen LogP contribution in [0.5, 0.6) is 0 Å². The molecule has 0 saturated carbocycles. The van der Waals surface area contributed by atoms with Crippen LogP contribution in [0.2, 0.25) is 0 Å². The van der Waals surface area contributed by atoms with E-state index in [9.17, 15) is 9.90 Å². The Balaban J connectivity index is 3.00. The van der Waals surface area contributed by atoms with Crippen molar-refractivity contribution in [2.75, 3.05) is 0 Å². The first-order chi connectivity index (χ1) is 4.46. The summed E-state index contributed by atoms with van der Waals surface area (Å²) in [4.78, 5) is 10.7. The van der Waals surface area contributed by atoms with Gasteiger partial charge in [-0.15, -0.1) is 0 Å². The molecule has 56 valence electrons. The van der Waals surface area contributed by atoms with Crippen LogP contribution < -0.4 is 0 Å². The molecule has 0 spiro atoms. The molecule has 3 nitrogen and oxygen atoms in total. The van der Waals surface area contributed by atoms with Gasteiger partial charge in [-0.05, 0) is 25.5 Å². The lowest BCUT2D eigenvalue weighted by atomic mass is 9.97. The van der Waals surface area contributed by atoms with Crippen molar-refractivity contribution in [1.29, 1.82) is 0 Å². The predicted octanol–water partition coefficient (Wildman–Crippen LogP) is -0.373. The third kappa shape index (κ3) is 0.786. The number of hydrogen-bond acceptors (Lipinski definition) is 3. The summed E-state index contributed by atoms with van der Waals surface area (Å²) in [6.45, 7) is 3.04. The van der Waals surface area contributed by atoms with Gasteiger partial charge in [-0.3, -0.25) is 4.79 Å². The second-order valence-corrected chi connectivity index (χ2v) is 2.78. The SMILES string of the molecule is CC1=CC(=O)C(O)C1(C)O. The molecule has 0 amide bonds. The van der Waals surface area contributed by atoms with E-state index >= 15 is 0 Å². The molecule has 2 unspecified atom stereocenters. The Morgan fingerprint density at radius 2 is 2.20 bits per heavy atom. The van der Waals surface area contributed by atoms with Crippen LogP contribution in [0, 0.1) is 0 Å². The van der Waals surface area contributed by atoms with E-state index in [0.717, 1.165) is 0 Å². The zero-order valence-electron chi connectivity index (χ0n) is 5.96. The van der Waals surface area contributed by atoms with Crippen LogP contribution in [0.4, 0.5) is 0 Å². The van der Waals surface area contributed by atoms with Gasteiger partial charge >= 0.3 is 0 Å². The quantitative estimate of drug-likeness (QED) is 0.485. The van der Waals surface area contributed by atoms with Crippen LogP contribution in [0.25, 0.3) is 0 Å². The zero-order chi connectivity index (χ0) is 7.94. The highest BCUT2D eigenvalue weighted by Crippen LogP contribution is 2.27. The maximum atomic E-state index is 10.7. The summed E-state index contributed by atoms with van der Waals surface area (Å²) in [7, 11) is 0. The van der Waals surface area contributed by atoms with Gasteiger partial charge in [0.1, 0.15) is 11.7 Å². The fourth-order valence-electron chi connectivity index (χ4n) is 0.931. The molecule has 1 aliphatic rings. The van der Waals surface area contributed by atoms with Gasteiger partial charge in [0.2, 0.25) is 0 Å². The Labute approximate surface area is 59.0 Å². The second-order valence-electron chi connectivity index (χ2n) is 2.78. The first kappa shape index (κ1) is 7.44. The molecule has 0 radical (unpaired) electrons. The number of aliphatic hydroxyl groups is 2. The molecule has 2 atom stereocenters. The first-order valence-corrected chi connectivity index (χ1v) is 3.09. The third-order valence-electron chi connectivity index (χ3n) is 1.96. The maximum Gasteiger partial charge on any atom is 0.187 e. The molecular formula is C7H10O3. The summed E-state index contributed by atoms with van der Waals surface area (Å²) in [6, 6.07) is 0. The number of carbonyl (C=O) groups is 1. The zero-order valence-corrected chi connectivity index (χ0v) is 5.96. The van der Waals surface area contributed by atoms with Crippen molar-refractivity contribution in [1.82, 2.24) is 0 Å². The van der Waals surface area contributed by atoms with Gasteiger partial charge in [0.25, 0.3) is 0 Å². The summed E-state index contributed by atoms with van der Waals surface area (Å²) >= 11 is 0. The Bertz CT molecular complexity index is 203. The summed E-state index contributed by atoms with van der Waals surface area (Å²) in [5, 5.41) is 18.4. The average Bonchev–Trinajstić information content (AvgIpc) is 1.97. The summed E-state index contributed by atoms with van der Waals surface area (Å²) < 4.78 is 0. The molecule has 0 heterocycles. The summed E-state index contributed by atoms with van der Waals surface area (Å²) in [5.41, 5.74) is -0.832.